The second-order valence-corrected chi connectivity index (χ2v) is 8.54. The predicted molar refractivity (Wildman–Crippen MR) is 118 cm³/mol. The number of hydrogen-bond donors (Lipinski definition) is 2. The molecule has 7 nitrogen and oxygen atoms in total. The van der Waals surface area contributed by atoms with Gasteiger partial charge in [-0.2, -0.15) is 0 Å². The minimum absolute atomic E-state index is 0.193. The molecule has 0 aromatic heterocycles. The number of benzene rings is 1. The minimum atomic E-state index is -0.367. The van der Waals surface area contributed by atoms with Gasteiger partial charge in [-0.3, -0.25) is 19.9 Å². The standard InChI is InChI=1S/C22H33ClN4O3/c1-17(21(28)25-22(29)24-18-7-3-2-4-8-18)27-13-11-26(12-14-27)15-16-30-20-10-6-5-9-19(20)23/h5-6,9-10,17-18H,2-4,7-8,11-16H2,1H3,(H2,24,25,28,29). The molecule has 2 aliphatic rings. The van der Waals surface area contributed by atoms with E-state index < -0.39 is 0 Å². The minimum Gasteiger partial charge on any atom is -0.491 e. The Morgan fingerprint density at radius 2 is 1.83 bits per heavy atom. The number of para-hydroxylation sites is 1. The highest BCUT2D eigenvalue weighted by molar-refractivity contribution is 6.32. The summed E-state index contributed by atoms with van der Waals surface area (Å²) in [5.41, 5.74) is 0. The molecule has 1 unspecified atom stereocenters. The van der Waals surface area contributed by atoms with Crippen molar-refractivity contribution in [3.8, 4) is 5.75 Å². The molecular formula is C22H33ClN4O3. The van der Waals surface area contributed by atoms with E-state index in [1.54, 1.807) is 0 Å². The van der Waals surface area contributed by atoms with E-state index in [1.807, 2.05) is 31.2 Å². The van der Waals surface area contributed by atoms with E-state index in [4.69, 9.17) is 16.3 Å². The molecule has 1 heterocycles. The number of halogens is 1. The number of carbonyl (C=O) groups excluding carboxylic acids is 2. The number of urea groups is 1. The number of carbonyl (C=O) groups is 2. The van der Waals surface area contributed by atoms with E-state index >= 15 is 0 Å². The molecule has 1 saturated heterocycles. The number of ether oxygens (including phenoxy) is 1. The molecular weight excluding hydrogens is 404 g/mol. The Hall–Kier alpha value is -1.83. The number of nitrogens with one attached hydrogen (secondary N) is 2. The molecule has 0 bridgehead atoms. The van der Waals surface area contributed by atoms with E-state index in [9.17, 15) is 9.59 Å². The van der Waals surface area contributed by atoms with Crippen LogP contribution in [0.5, 0.6) is 5.75 Å². The van der Waals surface area contributed by atoms with Gasteiger partial charge in [0.05, 0.1) is 11.1 Å². The average Bonchev–Trinajstić information content (AvgIpc) is 2.75. The average molecular weight is 437 g/mol. The first-order valence-electron chi connectivity index (χ1n) is 11.0. The van der Waals surface area contributed by atoms with Crippen molar-refractivity contribution in [3.05, 3.63) is 29.3 Å². The van der Waals surface area contributed by atoms with Crippen LogP contribution < -0.4 is 15.4 Å². The lowest BCUT2D eigenvalue weighted by molar-refractivity contribution is -0.125. The summed E-state index contributed by atoms with van der Waals surface area (Å²) in [6.07, 6.45) is 5.51. The number of imide groups is 1. The highest BCUT2D eigenvalue weighted by atomic mass is 35.5. The molecule has 2 fully saturated rings. The fourth-order valence-electron chi connectivity index (χ4n) is 4.07. The molecule has 1 saturated carbocycles. The molecule has 0 radical (unpaired) electrons. The summed E-state index contributed by atoms with van der Waals surface area (Å²) in [7, 11) is 0. The van der Waals surface area contributed by atoms with Gasteiger partial charge in [0.1, 0.15) is 12.4 Å². The topological polar surface area (TPSA) is 73.9 Å². The number of nitrogens with zero attached hydrogens (tertiary/aromatic N) is 2. The maximum absolute atomic E-state index is 12.5. The molecule has 166 valence electrons. The lowest BCUT2D eigenvalue weighted by atomic mass is 9.96. The van der Waals surface area contributed by atoms with Crippen molar-refractivity contribution in [3.63, 3.8) is 0 Å². The summed E-state index contributed by atoms with van der Waals surface area (Å²) in [6.45, 7) is 6.52. The molecule has 1 aromatic carbocycles. The number of amides is 3. The molecule has 1 aliphatic carbocycles. The highest BCUT2D eigenvalue weighted by Gasteiger charge is 2.27. The second-order valence-electron chi connectivity index (χ2n) is 8.13. The third-order valence-corrected chi connectivity index (χ3v) is 6.33. The van der Waals surface area contributed by atoms with E-state index in [0.717, 1.165) is 58.4 Å². The van der Waals surface area contributed by atoms with Crippen LogP contribution in [-0.4, -0.2) is 73.2 Å². The van der Waals surface area contributed by atoms with Gasteiger partial charge in [-0.05, 0) is 31.9 Å². The van der Waals surface area contributed by atoms with Gasteiger partial charge in [-0.25, -0.2) is 4.79 Å². The van der Waals surface area contributed by atoms with Crippen molar-refractivity contribution < 1.29 is 14.3 Å². The molecule has 2 N–H and O–H groups in total. The van der Waals surface area contributed by atoms with Crippen molar-refractivity contribution in [2.24, 2.45) is 0 Å². The van der Waals surface area contributed by atoms with Gasteiger partial charge >= 0.3 is 6.03 Å². The number of rotatable bonds is 7. The van der Waals surface area contributed by atoms with Crippen molar-refractivity contribution >= 4 is 23.5 Å². The SMILES string of the molecule is CC(C(=O)NC(=O)NC1CCCCC1)N1CCN(CCOc2ccccc2Cl)CC1. The number of hydrogen-bond acceptors (Lipinski definition) is 5. The first kappa shape index (κ1) is 22.8. The lowest BCUT2D eigenvalue weighted by Gasteiger charge is -2.37. The van der Waals surface area contributed by atoms with Crippen LogP contribution in [-0.2, 0) is 4.79 Å². The summed E-state index contributed by atoms with van der Waals surface area (Å²) < 4.78 is 5.76. The van der Waals surface area contributed by atoms with Crippen molar-refractivity contribution in [2.45, 2.75) is 51.1 Å². The molecule has 0 spiro atoms. The number of piperazine rings is 1. The van der Waals surface area contributed by atoms with E-state index in [0.29, 0.717) is 17.4 Å². The van der Waals surface area contributed by atoms with E-state index in [1.165, 1.54) is 6.42 Å². The van der Waals surface area contributed by atoms with Crippen LogP contribution in [0.3, 0.4) is 0 Å². The fraction of sp³-hybridized carbons (Fsp3) is 0.636. The first-order chi connectivity index (χ1) is 14.5. The summed E-state index contributed by atoms with van der Waals surface area (Å²) in [4.78, 5) is 29.0. The van der Waals surface area contributed by atoms with Gasteiger partial charge in [-0.15, -0.1) is 0 Å². The predicted octanol–water partition coefficient (Wildman–Crippen LogP) is 2.88. The third-order valence-electron chi connectivity index (χ3n) is 6.01. The molecule has 1 aromatic rings. The molecule has 3 amide bonds. The van der Waals surface area contributed by atoms with E-state index in [2.05, 4.69) is 20.4 Å². The molecule has 3 rings (SSSR count). The van der Waals surface area contributed by atoms with E-state index in [-0.39, 0.29) is 24.0 Å². The Morgan fingerprint density at radius 3 is 2.53 bits per heavy atom. The zero-order valence-corrected chi connectivity index (χ0v) is 18.5. The third kappa shape index (κ3) is 6.86. The normalized spacial score (nSPS) is 19.8. The highest BCUT2D eigenvalue weighted by Crippen LogP contribution is 2.23. The van der Waals surface area contributed by atoms with Gasteiger partial charge in [0.2, 0.25) is 5.91 Å². The summed E-state index contributed by atoms with van der Waals surface area (Å²) >= 11 is 6.11. The second kappa shape index (κ2) is 11.5. The quantitative estimate of drug-likeness (QED) is 0.687. The Labute approximate surface area is 184 Å². The largest absolute Gasteiger partial charge is 0.491 e. The van der Waals surface area contributed by atoms with Gasteiger partial charge in [0.25, 0.3) is 0 Å². The van der Waals surface area contributed by atoms with Crippen LogP contribution in [0, 0.1) is 0 Å². The van der Waals surface area contributed by atoms with Crippen LogP contribution in [0.4, 0.5) is 4.79 Å². The monoisotopic (exact) mass is 436 g/mol. The maximum Gasteiger partial charge on any atom is 0.321 e. The fourth-order valence-corrected chi connectivity index (χ4v) is 4.26. The van der Waals surface area contributed by atoms with Crippen molar-refractivity contribution in [1.29, 1.82) is 0 Å². The van der Waals surface area contributed by atoms with Crippen LogP contribution in [0.15, 0.2) is 24.3 Å². The van der Waals surface area contributed by atoms with Gasteiger partial charge in [0.15, 0.2) is 0 Å². The summed E-state index contributed by atoms with van der Waals surface area (Å²) in [6, 6.07) is 6.96. The van der Waals surface area contributed by atoms with Crippen molar-refractivity contribution in [2.75, 3.05) is 39.3 Å². The van der Waals surface area contributed by atoms with Crippen LogP contribution in [0.2, 0.25) is 5.02 Å². The zero-order valence-electron chi connectivity index (χ0n) is 17.7. The van der Waals surface area contributed by atoms with Crippen LogP contribution >= 0.6 is 11.6 Å². The molecule has 8 heteroatoms. The van der Waals surface area contributed by atoms with Crippen LogP contribution in [0.25, 0.3) is 0 Å². The lowest BCUT2D eigenvalue weighted by Crippen LogP contribution is -2.56. The molecule has 30 heavy (non-hydrogen) atoms. The van der Waals surface area contributed by atoms with Gasteiger partial charge in [0, 0.05) is 38.8 Å². The Bertz CT molecular complexity index is 703. The van der Waals surface area contributed by atoms with Crippen LogP contribution in [0.1, 0.15) is 39.0 Å². The van der Waals surface area contributed by atoms with Gasteiger partial charge in [-0.1, -0.05) is 43.0 Å². The molecule has 1 atom stereocenters. The summed E-state index contributed by atoms with van der Waals surface area (Å²) in [5.74, 6) is 0.466. The smallest absolute Gasteiger partial charge is 0.321 e. The molecule has 1 aliphatic heterocycles. The Kier molecular flexibility index (Phi) is 8.78. The Morgan fingerprint density at radius 1 is 1.13 bits per heavy atom. The first-order valence-corrected chi connectivity index (χ1v) is 11.4. The Balaban J connectivity index is 1.33. The maximum atomic E-state index is 12.5. The van der Waals surface area contributed by atoms with Gasteiger partial charge < -0.3 is 10.1 Å². The van der Waals surface area contributed by atoms with Crippen molar-refractivity contribution in [1.82, 2.24) is 20.4 Å². The summed E-state index contributed by atoms with van der Waals surface area (Å²) in [5, 5.41) is 6.07. The zero-order chi connectivity index (χ0) is 21.3.